The van der Waals surface area contributed by atoms with Gasteiger partial charge in [-0.15, -0.1) is 0 Å². The molecular weight excluding hydrogens is 337 g/mol. The number of nitrogens with one attached hydrogen (secondary N) is 1. The van der Waals surface area contributed by atoms with Gasteiger partial charge in [0.25, 0.3) is 0 Å². The summed E-state index contributed by atoms with van der Waals surface area (Å²) in [6.07, 6.45) is 1.24. The molecule has 1 N–H and O–H groups in total. The van der Waals surface area contributed by atoms with Crippen molar-refractivity contribution in [1.29, 1.82) is 0 Å². The number of ether oxygens (including phenoxy) is 1. The lowest BCUT2D eigenvalue weighted by molar-refractivity contribution is 0.0596. The van der Waals surface area contributed by atoms with Crippen molar-refractivity contribution in [2.75, 3.05) is 13.2 Å². The summed E-state index contributed by atoms with van der Waals surface area (Å²) in [5, 5.41) is 4.04. The molecule has 130 valence electrons. The van der Waals surface area contributed by atoms with Crippen molar-refractivity contribution < 1.29 is 22.1 Å². The standard InChI is InChI=1S/C15H18FN3O4S/c1-10-18-14(19-23-10)15(4-6-22-7-5-15)12-3-2-11(13(16)8-12)9-17-24(20)21/h2-3,8,24H,4-7,9H2,1H3,(H,17,20,21). The van der Waals surface area contributed by atoms with Gasteiger partial charge in [-0.2, -0.15) is 4.98 Å². The molecule has 1 aromatic carbocycles. The van der Waals surface area contributed by atoms with Gasteiger partial charge in [-0.1, -0.05) is 17.3 Å². The van der Waals surface area contributed by atoms with E-state index in [0.29, 0.717) is 37.8 Å². The SMILES string of the molecule is Cc1nc(C2(c3ccc(CN[SH](=O)=O)c(F)c3)CCOCC2)no1. The van der Waals surface area contributed by atoms with Gasteiger partial charge < -0.3 is 9.26 Å². The largest absolute Gasteiger partial charge is 0.381 e. The molecule has 0 amide bonds. The first-order chi connectivity index (χ1) is 11.5. The van der Waals surface area contributed by atoms with Crippen molar-refractivity contribution in [3.63, 3.8) is 0 Å². The topological polar surface area (TPSA) is 94.3 Å². The van der Waals surface area contributed by atoms with Crippen LogP contribution in [0.2, 0.25) is 0 Å². The van der Waals surface area contributed by atoms with E-state index in [-0.39, 0.29) is 12.1 Å². The number of hydrogen-bond acceptors (Lipinski definition) is 6. The Morgan fingerprint density at radius 1 is 1.33 bits per heavy atom. The van der Waals surface area contributed by atoms with Gasteiger partial charge >= 0.3 is 0 Å². The number of halogens is 1. The van der Waals surface area contributed by atoms with Gasteiger partial charge in [-0.05, 0) is 24.5 Å². The van der Waals surface area contributed by atoms with Gasteiger partial charge in [0.1, 0.15) is 5.82 Å². The third-order valence-electron chi connectivity index (χ3n) is 4.31. The highest BCUT2D eigenvalue weighted by Crippen LogP contribution is 2.40. The molecule has 1 aliphatic rings. The van der Waals surface area contributed by atoms with Crippen molar-refractivity contribution >= 4 is 10.9 Å². The van der Waals surface area contributed by atoms with Crippen molar-refractivity contribution in [3.05, 3.63) is 46.9 Å². The number of aromatic nitrogens is 2. The van der Waals surface area contributed by atoms with E-state index in [4.69, 9.17) is 9.26 Å². The Bertz CT molecular complexity index is 792. The van der Waals surface area contributed by atoms with Crippen molar-refractivity contribution in [1.82, 2.24) is 14.9 Å². The van der Waals surface area contributed by atoms with Crippen LogP contribution in [0.3, 0.4) is 0 Å². The van der Waals surface area contributed by atoms with Crippen LogP contribution >= 0.6 is 0 Å². The van der Waals surface area contributed by atoms with Gasteiger partial charge in [0.15, 0.2) is 5.82 Å². The highest BCUT2D eigenvalue weighted by molar-refractivity contribution is 7.70. The van der Waals surface area contributed by atoms with Crippen LogP contribution in [0.25, 0.3) is 0 Å². The zero-order chi connectivity index (χ0) is 17.2. The molecule has 0 bridgehead atoms. The van der Waals surface area contributed by atoms with Crippen LogP contribution < -0.4 is 4.72 Å². The van der Waals surface area contributed by atoms with E-state index in [9.17, 15) is 12.8 Å². The molecule has 0 saturated carbocycles. The first-order valence-electron chi connectivity index (χ1n) is 7.56. The molecular formula is C15H18FN3O4S. The predicted molar refractivity (Wildman–Crippen MR) is 83.4 cm³/mol. The lowest BCUT2D eigenvalue weighted by Crippen LogP contribution is -2.36. The van der Waals surface area contributed by atoms with E-state index >= 15 is 0 Å². The fraction of sp³-hybridized carbons (Fsp3) is 0.467. The maximum atomic E-state index is 14.4. The van der Waals surface area contributed by atoms with Crippen molar-refractivity contribution in [2.45, 2.75) is 31.7 Å². The summed E-state index contributed by atoms with van der Waals surface area (Å²) < 4.78 is 48.4. The van der Waals surface area contributed by atoms with E-state index in [0.717, 1.165) is 5.56 Å². The van der Waals surface area contributed by atoms with Crippen LogP contribution in [0.1, 0.15) is 35.7 Å². The molecule has 24 heavy (non-hydrogen) atoms. The van der Waals surface area contributed by atoms with Crippen LogP contribution in [-0.2, 0) is 27.6 Å². The highest BCUT2D eigenvalue weighted by atomic mass is 32.2. The Hall–Kier alpha value is -1.84. The minimum atomic E-state index is -2.77. The van der Waals surface area contributed by atoms with E-state index < -0.39 is 22.1 Å². The molecule has 0 aliphatic carbocycles. The molecule has 3 rings (SSSR count). The lowest BCUT2D eigenvalue weighted by atomic mass is 9.73. The predicted octanol–water partition coefficient (Wildman–Crippen LogP) is 1.23. The second-order valence-electron chi connectivity index (χ2n) is 5.73. The summed E-state index contributed by atoms with van der Waals surface area (Å²) in [6, 6.07) is 4.79. The summed E-state index contributed by atoms with van der Waals surface area (Å²) in [4.78, 5) is 4.35. The van der Waals surface area contributed by atoms with E-state index in [1.54, 1.807) is 19.1 Å². The molecule has 9 heteroatoms. The van der Waals surface area contributed by atoms with Crippen molar-refractivity contribution in [3.8, 4) is 0 Å². The Morgan fingerprint density at radius 3 is 2.67 bits per heavy atom. The summed E-state index contributed by atoms with van der Waals surface area (Å²) in [6.45, 7) is 2.68. The molecule has 2 aromatic rings. The van der Waals surface area contributed by atoms with Crippen LogP contribution in [0.5, 0.6) is 0 Å². The third-order valence-corrected chi connectivity index (χ3v) is 4.72. The zero-order valence-electron chi connectivity index (χ0n) is 13.1. The summed E-state index contributed by atoms with van der Waals surface area (Å²) in [5.41, 5.74) is 0.454. The molecule has 0 unspecified atom stereocenters. The first-order valence-corrected chi connectivity index (χ1v) is 8.74. The molecule has 0 spiro atoms. The number of benzene rings is 1. The normalized spacial score (nSPS) is 17.3. The Kier molecular flexibility index (Phi) is 4.93. The average Bonchev–Trinajstić information content (AvgIpc) is 3.01. The van der Waals surface area contributed by atoms with E-state index in [2.05, 4.69) is 14.9 Å². The van der Waals surface area contributed by atoms with Crippen LogP contribution in [0.4, 0.5) is 4.39 Å². The van der Waals surface area contributed by atoms with Crippen molar-refractivity contribution in [2.24, 2.45) is 0 Å². The molecule has 1 aromatic heterocycles. The molecule has 1 fully saturated rings. The third kappa shape index (κ3) is 3.33. The maximum absolute atomic E-state index is 14.4. The van der Waals surface area contributed by atoms with E-state index in [1.807, 2.05) is 0 Å². The molecule has 0 atom stereocenters. The average molecular weight is 355 g/mol. The number of thiol groups is 1. The first kappa shape index (κ1) is 17.0. The zero-order valence-corrected chi connectivity index (χ0v) is 14.0. The van der Waals surface area contributed by atoms with E-state index in [1.165, 1.54) is 6.07 Å². The van der Waals surface area contributed by atoms with Gasteiger partial charge in [-0.25, -0.2) is 17.5 Å². The summed E-state index contributed by atoms with van der Waals surface area (Å²) >= 11 is 0. The molecule has 1 aliphatic heterocycles. The fourth-order valence-corrected chi connectivity index (χ4v) is 3.29. The lowest BCUT2D eigenvalue weighted by Gasteiger charge is -2.35. The molecule has 2 heterocycles. The quantitative estimate of drug-likeness (QED) is 0.784. The van der Waals surface area contributed by atoms with Gasteiger partial charge in [-0.3, -0.25) is 0 Å². The number of aryl methyl sites for hydroxylation is 1. The molecule has 0 radical (unpaired) electrons. The smallest absolute Gasteiger partial charge is 0.223 e. The summed E-state index contributed by atoms with van der Waals surface area (Å²) in [5.74, 6) is 0.510. The van der Waals surface area contributed by atoms with Gasteiger partial charge in [0.05, 0.1) is 5.41 Å². The Morgan fingerprint density at radius 2 is 2.08 bits per heavy atom. The maximum Gasteiger partial charge on any atom is 0.223 e. The Balaban J connectivity index is 1.98. The number of nitrogens with zero attached hydrogens (tertiary/aromatic N) is 2. The summed E-state index contributed by atoms with van der Waals surface area (Å²) in [7, 11) is -2.77. The number of hydrogen-bond donors (Lipinski definition) is 2. The minimum absolute atomic E-state index is 0.0811. The molecule has 7 nitrogen and oxygen atoms in total. The van der Waals surface area contributed by atoms with Crippen LogP contribution in [0, 0.1) is 12.7 Å². The van der Waals surface area contributed by atoms with Crippen LogP contribution in [0.15, 0.2) is 22.7 Å². The second kappa shape index (κ2) is 6.96. The van der Waals surface area contributed by atoms with Crippen LogP contribution in [-0.4, -0.2) is 31.8 Å². The van der Waals surface area contributed by atoms with Gasteiger partial charge in [0.2, 0.25) is 16.8 Å². The number of rotatable bonds is 5. The second-order valence-corrected chi connectivity index (χ2v) is 6.56. The molecule has 1 saturated heterocycles. The Labute approximate surface area is 140 Å². The van der Waals surface area contributed by atoms with Gasteiger partial charge in [0, 0.05) is 32.2 Å². The fourth-order valence-electron chi connectivity index (χ4n) is 2.99. The highest BCUT2D eigenvalue weighted by Gasteiger charge is 2.40. The monoisotopic (exact) mass is 355 g/mol. The minimum Gasteiger partial charge on any atom is -0.381 e.